The molecule has 1 fully saturated rings. The number of halogens is 2. The van der Waals surface area contributed by atoms with E-state index < -0.39 is 12.1 Å². The van der Waals surface area contributed by atoms with E-state index in [0.717, 1.165) is 4.47 Å². The van der Waals surface area contributed by atoms with Gasteiger partial charge in [-0.25, -0.2) is 0 Å². The second-order valence-electron chi connectivity index (χ2n) is 4.47. The summed E-state index contributed by atoms with van der Waals surface area (Å²) in [4.78, 5) is 24.7. The molecule has 1 aliphatic heterocycles. The SMILES string of the molecule is O=C(O)CC1CN(C(=O)c2ccc(Br)cc2Cl)CCO1. The molecule has 1 aromatic rings. The number of rotatable bonds is 3. The average molecular weight is 363 g/mol. The van der Waals surface area contributed by atoms with Gasteiger partial charge in [0.05, 0.1) is 29.7 Å². The van der Waals surface area contributed by atoms with Crippen LogP contribution in [0.5, 0.6) is 0 Å². The lowest BCUT2D eigenvalue weighted by atomic mass is 10.1. The fourth-order valence-corrected chi connectivity index (χ4v) is 2.81. The number of morpholine rings is 1. The quantitative estimate of drug-likeness (QED) is 0.897. The number of carboxylic acids is 1. The van der Waals surface area contributed by atoms with Gasteiger partial charge < -0.3 is 14.7 Å². The minimum atomic E-state index is -0.939. The van der Waals surface area contributed by atoms with Crippen LogP contribution in [-0.2, 0) is 9.53 Å². The number of amides is 1. The maximum atomic E-state index is 12.4. The Morgan fingerprint density at radius 2 is 2.25 bits per heavy atom. The zero-order valence-corrected chi connectivity index (χ0v) is 12.9. The molecule has 7 heteroatoms. The highest BCUT2D eigenvalue weighted by atomic mass is 79.9. The van der Waals surface area contributed by atoms with Crippen molar-refractivity contribution >= 4 is 39.4 Å². The zero-order chi connectivity index (χ0) is 14.7. The number of ether oxygens (including phenoxy) is 1. The minimum absolute atomic E-state index is 0.113. The van der Waals surface area contributed by atoms with Gasteiger partial charge in [-0.3, -0.25) is 9.59 Å². The van der Waals surface area contributed by atoms with E-state index in [-0.39, 0.29) is 18.9 Å². The molecule has 1 atom stereocenters. The molecular formula is C13H13BrClNO4. The van der Waals surface area contributed by atoms with Crippen LogP contribution < -0.4 is 0 Å². The molecule has 20 heavy (non-hydrogen) atoms. The molecule has 2 rings (SSSR count). The lowest BCUT2D eigenvalue weighted by Crippen LogP contribution is -2.46. The first-order valence-corrected chi connectivity index (χ1v) is 7.22. The first-order chi connectivity index (χ1) is 9.47. The topological polar surface area (TPSA) is 66.8 Å². The number of aliphatic carboxylic acids is 1. The fourth-order valence-electron chi connectivity index (χ4n) is 2.06. The molecule has 0 radical (unpaired) electrons. The third-order valence-electron chi connectivity index (χ3n) is 2.99. The van der Waals surface area contributed by atoms with Crippen molar-refractivity contribution in [1.29, 1.82) is 0 Å². The number of carbonyl (C=O) groups excluding carboxylic acids is 1. The molecule has 1 aliphatic rings. The first kappa shape index (κ1) is 15.3. The summed E-state index contributed by atoms with van der Waals surface area (Å²) in [7, 11) is 0. The highest BCUT2D eigenvalue weighted by Crippen LogP contribution is 2.23. The van der Waals surface area contributed by atoms with Gasteiger partial charge in [0.2, 0.25) is 0 Å². The van der Waals surface area contributed by atoms with Gasteiger partial charge in [-0.2, -0.15) is 0 Å². The summed E-state index contributed by atoms with van der Waals surface area (Å²) in [5, 5.41) is 9.14. The van der Waals surface area contributed by atoms with Crippen LogP contribution in [-0.4, -0.2) is 47.7 Å². The number of carbonyl (C=O) groups is 2. The van der Waals surface area contributed by atoms with E-state index in [1.54, 1.807) is 23.1 Å². The Hall–Kier alpha value is -1.11. The van der Waals surface area contributed by atoms with Crippen LogP contribution in [0.4, 0.5) is 0 Å². The summed E-state index contributed by atoms with van der Waals surface area (Å²) in [6, 6.07) is 5.05. The van der Waals surface area contributed by atoms with Crippen LogP contribution in [0.3, 0.4) is 0 Å². The van der Waals surface area contributed by atoms with Crippen molar-refractivity contribution in [2.75, 3.05) is 19.7 Å². The maximum Gasteiger partial charge on any atom is 0.306 e. The summed E-state index contributed by atoms with van der Waals surface area (Å²) in [5.74, 6) is -1.15. The Morgan fingerprint density at radius 3 is 2.90 bits per heavy atom. The van der Waals surface area contributed by atoms with Crippen molar-refractivity contribution in [3.05, 3.63) is 33.3 Å². The number of hydrogen-bond donors (Lipinski definition) is 1. The molecule has 1 N–H and O–H groups in total. The van der Waals surface area contributed by atoms with E-state index >= 15 is 0 Å². The van der Waals surface area contributed by atoms with E-state index in [9.17, 15) is 9.59 Å². The van der Waals surface area contributed by atoms with Crippen molar-refractivity contribution < 1.29 is 19.4 Å². The monoisotopic (exact) mass is 361 g/mol. The van der Waals surface area contributed by atoms with Gasteiger partial charge in [-0.15, -0.1) is 0 Å². The van der Waals surface area contributed by atoms with E-state index in [0.29, 0.717) is 23.7 Å². The molecular weight excluding hydrogens is 350 g/mol. The Balaban J connectivity index is 2.10. The summed E-state index contributed by atoms with van der Waals surface area (Å²) in [6.45, 7) is 1.02. The van der Waals surface area contributed by atoms with Crippen LogP contribution in [0.25, 0.3) is 0 Å². The predicted molar refractivity (Wildman–Crippen MR) is 77.0 cm³/mol. The number of nitrogens with zero attached hydrogens (tertiary/aromatic N) is 1. The molecule has 5 nitrogen and oxygen atoms in total. The molecule has 1 unspecified atom stereocenters. The van der Waals surface area contributed by atoms with Gasteiger partial charge in [0.25, 0.3) is 5.91 Å². The molecule has 0 aromatic heterocycles. The van der Waals surface area contributed by atoms with Gasteiger partial charge in [-0.05, 0) is 18.2 Å². The molecule has 108 valence electrons. The second kappa shape index (κ2) is 6.56. The normalized spacial score (nSPS) is 18.9. The molecule has 1 heterocycles. The van der Waals surface area contributed by atoms with Crippen LogP contribution >= 0.6 is 27.5 Å². The van der Waals surface area contributed by atoms with Crippen LogP contribution in [0.1, 0.15) is 16.8 Å². The van der Waals surface area contributed by atoms with Gasteiger partial charge >= 0.3 is 5.97 Å². The number of benzene rings is 1. The summed E-state index contributed by atoms with van der Waals surface area (Å²) in [5.41, 5.74) is 0.408. The molecule has 0 aliphatic carbocycles. The highest BCUT2D eigenvalue weighted by Gasteiger charge is 2.27. The third-order valence-corrected chi connectivity index (χ3v) is 3.80. The maximum absolute atomic E-state index is 12.4. The minimum Gasteiger partial charge on any atom is -0.481 e. The number of carboxylic acid groups (broad SMARTS) is 1. The molecule has 1 aromatic carbocycles. The zero-order valence-electron chi connectivity index (χ0n) is 10.5. The van der Waals surface area contributed by atoms with Gasteiger partial charge in [-0.1, -0.05) is 27.5 Å². The summed E-state index contributed by atoms with van der Waals surface area (Å²) < 4.78 is 6.14. The summed E-state index contributed by atoms with van der Waals surface area (Å²) in [6.07, 6.45) is -0.586. The van der Waals surface area contributed by atoms with E-state index in [2.05, 4.69) is 15.9 Å². The highest BCUT2D eigenvalue weighted by molar-refractivity contribution is 9.10. The second-order valence-corrected chi connectivity index (χ2v) is 5.79. The van der Waals surface area contributed by atoms with Crippen molar-refractivity contribution in [3.63, 3.8) is 0 Å². The molecule has 0 spiro atoms. The summed E-state index contributed by atoms with van der Waals surface area (Å²) >= 11 is 9.34. The van der Waals surface area contributed by atoms with Crippen LogP contribution in [0.2, 0.25) is 5.02 Å². The Bertz CT molecular complexity index is 537. The van der Waals surface area contributed by atoms with Crippen LogP contribution in [0, 0.1) is 0 Å². The van der Waals surface area contributed by atoms with Crippen molar-refractivity contribution in [1.82, 2.24) is 4.90 Å². The Labute approximate surface area is 129 Å². The Morgan fingerprint density at radius 1 is 1.50 bits per heavy atom. The molecule has 1 amide bonds. The number of hydrogen-bond acceptors (Lipinski definition) is 3. The molecule has 1 saturated heterocycles. The molecule has 0 saturated carbocycles. The largest absolute Gasteiger partial charge is 0.481 e. The standard InChI is InChI=1S/C13H13BrClNO4/c14-8-1-2-10(11(15)5-8)13(19)16-3-4-20-9(7-16)6-12(17)18/h1-2,5,9H,3-4,6-7H2,(H,17,18). The van der Waals surface area contributed by atoms with E-state index in [1.165, 1.54) is 0 Å². The van der Waals surface area contributed by atoms with Crippen molar-refractivity contribution in [2.24, 2.45) is 0 Å². The lowest BCUT2D eigenvalue weighted by Gasteiger charge is -2.32. The van der Waals surface area contributed by atoms with E-state index in [1.807, 2.05) is 0 Å². The van der Waals surface area contributed by atoms with Crippen LogP contribution in [0.15, 0.2) is 22.7 Å². The predicted octanol–water partition coefficient (Wildman–Crippen LogP) is 2.42. The van der Waals surface area contributed by atoms with Crippen molar-refractivity contribution in [2.45, 2.75) is 12.5 Å². The lowest BCUT2D eigenvalue weighted by molar-refractivity contribution is -0.141. The first-order valence-electron chi connectivity index (χ1n) is 6.05. The Kier molecular flexibility index (Phi) is 5.01. The smallest absolute Gasteiger partial charge is 0.306 e. The van der Waals surface area contributed by atoms with Gasteiger partial charge in [0, 0.05) is 17.6 Å². The third kappa shape index (κ3) is 3.71. The average Bonchev–Trinajstić information content (AvgIpc) is 2.37. The van der Waals surface area contributed by atoms with Gasteiger partial charge in [0.1, 0.15) is 0 Å². The molecule has 0 bridgehead atoms. The van der Waals surface area contributed by atoms with Gasteiger partial charge in [0.15, 0.2) is 0 Å². The fraction of sp³-hybridized carbons (Fsp3) is 0.385. The van der Waals surface area contributed by atoms with Crippen molar-refractivity contribution in [3.8, 4) is 0 Å². The van der Waals surface area contributed by atoms with E-state index in [4.69, 9.17) is 21.4 Å².